The Labute approximate surface area is 230 Å². The van der Waals surface area contributed by atoms with Gasteiger partial charge in [-0.2, -0.15) is 28.2 Å². The predicted molar refractivity (Wildman–Crippen MR) is 144 cm³/mol. The topological polar surface area (TPSA) is 116 Å². The van der Waals surface area contributed by atoms with E-state index in [1.807, 2.05) is 6.92 Å². The van der Waals surface area contributed by atoms with Gasteiger partial charge in [-0.05, 0) is 50.8 Å². The molecule has 5 heterocycles. The van der Waals surface area contributed by atoms with Crippen molar-refractivity contribution in [2.45, 2.75) is 56.5 Å². The zero-order chi connectivity index (χ0) is 28.3. The quantitative estimate of drug-likeness (QED) is 0.471. The number of aromatic nitrogens is 4. The predicted octanol–water partition coefficient (Wildman–Crippen LogP) is 2.86. The molecule has 216 valence electrons. The molecule has 0 aliphatic carbocycles. The van der Waals surface area contributed by atoms with Gasteiger partial charge in [0.25, 0.3) is 0 Å². The Balaban J connectivity index is 1.31. The maximum Gasteiger partial charge on any atom is 0.416 e. The van der Waals surface area contributed by atoms with Crippen molar-refractivity contribution < 1.29 is 26.7 Å². The number of benzene rings is 1. The SMILES string of the molecule is CC1(O)CCN(C2CN(c3nc(NC4CCS(=O)(=O)CC4)nc4c3cnn4-c3cccc(C(F)(F)F)c3)C2)CC1. The highest BCUT2D eigenvalue weighted by Gasteiger charge is 2.38. The minimum absolute atomic E-state index is 0.0818. The van der Waals surface area contributed by atoms with Crippen molar-refractivity contribution in [1.82, 2.24) is 24.6 Å². The molecule has 1 aromatic carbocycles. The highest BCUT2D eigenvalue weighted by molar-refractivity contribution is 7.91. The molecule has 6 rings (SSSR count). The lowest BCUT2D eigenvalue weighted by molar-refractivity contribution is -0.137. The summed E-state index contributed by atoms with van der Waals surface area (Å²) in [5, 5.41) is 18.6. The molecule has 0 atom stereocenters. The standard InChI is InChI=1S/C26H32F3N7O3S/c1-25(37)7-9-34(10-8-25)20-15-35(16-20)22-21-14-30-36(19-4-2-3-17(13-19)26(27,28)29)23(21)33-24(32-22)31-18-5-11-40(38,39)12-6-18/h2-4,13-14,18,20,37H,5-12,15-16H2,1H3,(H,31,32,33). The monoisotopic (exact) mass is 579 g/mol. The van der Waals surface area contributed by atoms with Crippen LogP contribution >= 0.6 is 0 Å². The van der Waals surface area contributed by atoms with E-state index >= 15 is 0 Å². The Hall–Kier alpha value is -2.97. The van der Waals surface area contributed by atoms with Crippen LogP contribution in [-0.4, -0.2) is 93.5 Å². The number of likely N-dealkylation sites (tertiary alicyclic amines) is 1. The maximum absolute atomic E-state index is 13.4. The molecule has 3 fully saturated rings. The van der Waals surface area contributed by atoms with Crippen LogP contribution in [0.4, 0.5) is 24.9 Å². The minimum Gasteiger partial charge on any atom is -0.390 e. The fourth-order valence-electron chi connectivity index (χ4n) is 5.65. The summed E-state index contributed by atoms with van der Waals surface area (Å²) in [5.41, 5.74) is -0.815. The number of anilines is 2. The second kappa shape index (κ2) is 9.84. The number of nitrogens with zero attached hydrogens (tertiary/aromatic N) is 6. The lowest BCUT2D eigenvalue weighted by Gasteiger charge is -2.49. The van der Waals surface area contributed by atoms with E-state index in [1.54, 1.807) is 12.3 Å². The molecule has 14 heteroatoms. The van der Waals surface area contributed by atoms with Crippen LogP contribution in [0.3, 0.4) is 0 Å². The first-order valence-corrected chi connectivity index (χ1v) is 15.3. The van der Waals surface area contributed by atoms with Crippen LogP contribution in [0.5, 0.6) is 0 Å². The van der Waals surface area contributed by atoms with Gasteiger partial charge in [0.1, 0.15) is 15.7 Å². The van der Waals surface area contributed by atoms with Gasteiger partial charge in [-0.1, -0.05) is 6.07 Å². The van der Waals surface area contributed by atoms with Gasteiger partial charge in [-0.3, -0.25) is 4.90 Å². The molecule has 3 saturated heterocycles. The van der Waals surface area contributed by atoms with Crippen LogP contribution in [0.1, 0.15) is 38.2 Å². The summed E-state index contributed by atoms with van der Waals surface area (Å²) in [6.45, 7) is 4.92. The number of nitrogens with one attached hydrogen (secondary N) is 1. The number of aliphatic hydroxyl groups is 1. The second-order valence-electron chi connectivity index (χ2n) is 11.4. The third-order valence-corrected chi connectivity index (χ3v) is 9.98. The van der Waals surface area contributed by atoms with E-state index in [0.29, 0.717) is 48.8 Å². The number of hydrogen-bond acceptors (Lipinski definition) is 9. The molecule has 2 N–H and O–H groups in total. The van der Waals surface area contributed by atoms with Crippen LogP contribution < -0.4 is 10.2 Å². The average Bonchev–Trinajstić information content (AvgIpc) is 3.29. The van der Waals surface area contributed by atoms with E-state index in [1.165, 1.54) is 10.7 Å². The lowest BCUT2D eigenvalue weighted by Crippen LogP contribution is -2.62. The summed E-state index contributed by atoms with van der Waals surface area (Å²) in [4.78, 5) is 13.9. The summed E-state index contributed by atoms with van der Waals surface area (Å²) in [7, 11) is -3.05. The molecule has 3 aliphatic rings. The van der Waals surface area contributed by atoms with Gasteiger partial charge in [0.15, 0.2) is 5.65 Å². The van der Waals surface area contributed by atoms with Crippen molar-refractivity contribution in [2.24, 2.45) is 0 Å². The molecule has 3 aromatic rings. The van der Waals surface area contributed by atoms with Crippen LogP contribution in [0.2, 0.25) is 0 Å². The summed E-state index contributed by atoms with van der Waals surface area (Å²) in [6, 6.07) is 5.11. The van der Waals surface area contributed by atoms with E-state index in [0.717, 1.165) is 38.1 Å². The van der Waals surface area contributed by atoms with E-state index in [2.05, 4.69) is 25.2 Å². The van der Waals surface area contributed by atoms with Crippen molar-refractivity contribution in [3.05, 3.63) is 36.0 Å². The molecule has 0 unspecified atom stereocenters. The molecule has 0 radical (unpaired) electrons. The number of rotatable bonds is 5. The molecular formula is C26H32F3N7O3S. The molecular weight excluding hydrogens is 547 g/mol. The smallest absolute Gasteiger partial charge is 0.390 e. The maximum atomic E-state index is 13.4. The van der Waals surface area contributed by atoms with Gasteiger partial charge < -0.3 is 15.3 Å². The van der Waals surface area contributed by atoms with Crippen molar-refractivity contribution in [3.8, 4) is 5.69 Å². The van der Waals surface area contributed by atoms with E-state index in [-0.39, 0.29) is 29.2 Å². The van der Waals surface area contributed by atoms with Crippen LogP contribution in [-0.2, 0) is 16.0 Å². The lowest BCUT2D eigenvalue weighted by atomic mass is 9.92. The zero-order valence-electron chi connectivity index (χ0n) is 22.1. The van der Waals surface area contributed by atoms with Crippen molar-refractivity contribution in [1.29, 1.82) is 0 Å². The molecule has 0 saturated carbocycles. The van der Waals surface area contributed by atoms with E-state index in [9.17, 15) is 26.7 Å². The highest BCUT2D eigenvalue weighted by atomic mass is 32.2. The number of piperidine rings is 1. The normalized spacial score (nSPS) is 22.4. The Morgan fingerprint density at radius 2 is 1.80 bits per heavy atom. The van der Waals surface area contributed by atoms with Crippen LogP contribution in [0, 0.1) is 0 Å². The zero-order valence-corrected chi connectivity index (χ0v) is 22.9. The van der Waals surface area contributed by atoms with E-state index in [4.69, 9.17) is 4.98 Å². The van der Waals surface area contributed by atoms with Gasteiger partial charge in [-0.15, -0.1) is 0 Å². The first-order chi connectivity index (χ1) is 18.9. The highest BCUT2D eigenvalue weighted by Crippen LogP contribution is 2.35. The van der Waals surface area contributed by atoms with E-state index < -0.39 is 27.2 Å². The molecule has 3 aliphatic heterocycles. The van der Waals surface area contributed by atoms with Crippen LogP contribution in [0.25, 0.3) is 16.7 Å². The molecule has 10 nitrogen and oxygen atoms in total. The third-order valence-electron chi connectivity index (χ3n) is 8.27. The fourth-order valence-corrected chi connectivity index (χ4v) is 7.14. The number of sulfone groups is 1. The van der Waals surface area contributed by atoms with Crippen molar-refractivity contribution in [2.75, 3.05) is 47.9 Å². The summed E-state index contributed by atoms with van der Waals surface area (Å²) < 4.78 is 65.5. The van der Waals surface area contributed by atoms with Gasteiger partial charge in [-0.25, -0.2) is 13.1 Å². The molecule has 40 heavy (non-hydrogen) atoms. The Bertz CT molecular complexity index is 1500. The number of alkyl halides is 3. The largest absolute Gasteiger partial charge is 0.416 e. The Morgan fingerprint density at radius 1 is 1.10 bits per heavy atom. The number of halogens is 3. The Morgan fingerprint density at radius 3 is 2.48 bits per heavy atom. The summed E-state index contributed by atoms with van der Waals surface area (Å²) in [5.74, 6) is 1.09. The fraction of sp³-hybridized carbons (Fsp3) is 0.577. The third kappa shape index (κ3) is 5.48. The van der Waals surface area contributed by atoms with Crippen LogP contribution in [0.15, 0.2) is 30.5 Å². The number of hydrogen-bond donors (Lipinski definition) is 2. The summed E-state index contributed by atoms with van der Waals surface area (Å²) >= 11 is 0. The average molecular weight is 580 g/mol. The second-order valence-corrected chi connectivity index (χ2v) is 13.7. The van der Waals surface area contributed by atoms with Gasteiger partial charge >= 0.3 is 6.18 Å². The van der Waals surface area contributed by atoms with Gasteiger partial charge in [0.2, 0.25) is 5.95 Å². The van der Waals surface area contributed by atoms with Gasteiger partial charge in [0, 0.05) is 38.3 Å². The first-order valence-electron chi connectivity index (χ1n) is 13.5. The minimum atomic E-state index is -4.50. The number of fused-ring (bicyclic) bond motifs is 1. The molecule has 0 bridgehead atoms. The van der Waals surface area contributed by atoms with Crippen molar-refractivity contribution >= 4 is 32.6 Å². The first kappa shape index (κ1) is 27.2. The summed E-state index contributed by atoms with van der Waals surface area (Å²) in [6.07, 6.45) is -0.631. The van der Waals surface area contributed by atoms with Crippen molar-refractivity contribution in [3.63, 3.8) is 0 Å². The molecule has 0 amide bonds. The molecule has 2 aromatic heterocycles. The molecule has 0 spiro atoms. The van der Waals surface area contributed by atoms with Gasteiger partial charge in [0.05, 0.1) is 39.9 Å². The Kier molecular flexibility index (Phi) is 6.69.